The van der Waals surface area contributed by atoms with Crippen LogP contribution in [0.3, 0.4) is 0 Å². The molecule has 0 saturated carbocycles. The van der Waals surface area contributed by atoms with Crippen molar-refractivity contribution in [1.29, 1.82) is 0 Å². The topological polar surface area (TPSA) is 91.8 Å². The van der Waals surface area contributed by atoms with Crippen LogP contribution >= 0.6 is 0 Å². The summed E-state index contributed by atoms with van der Waals surface area (Å²) in [7, 11) is -4.73. The first kappa shape index (κ1) is 18.3. The van der Waals surface area contributed by atoms with E-state index in [0.29, 0.717) is 12.8 Å². The van der Waals surface area contributed by atoms with E-state index in [1.165, 1.54) is 4.90 Å². The molecule has 1 aromatic carbocycles. The van der Waals surface area contributed by atoms with Crippen LogP contribution in [0.2, 0.25) is 0 Å². The molecule has 1 heterocycles. The third-order valence-electron chi connectivity index (χ3n) is 4.07. The fourth-order valence-corrected chi connectivity index (χ4v) is 3.40. The molecule has 2 atom stereocenters. The second kappa shape index (κ2) is 6.84. The van der Waals surface area contributed by atoms with Crippen LogP contribution in [0.25, 0.3) is 0 Å². The van der Waals surface area contributed by atoms with Crippen molar-refractivity contribution in [1.82, 2.24) is 4.90 Å². The van der Waals surface area contributed by atoms with E-state index in [0.717, 1.165) is 24.3 Å². The number of carbonyl (C=O) groups is 2. The maximum atomic E-state index is 12.5. The van der Waals surface area contributed by atoms with E-state index < -0.39 is 38.4 Å². The lowest BCUT2D eigenvalue weighted by Gasteiger charge is -2.36. The van der Waals surface area contributed by atoms with Gasteiger partial charge in [0.2, 0.25) is 9.84 Å². The van der Waals surface area contributed by atoms with Crippen molar-refractivity contribution in [2.24, 2.45) is 5.92 Å². The maximum absolute atomic E-state index is 12.5. The molecule has 132 valence electrons. The first-order valence-corrected chi connectivity index (χ1v) is 8.85. The number of amides is 1. The number of halogens is 2. The van der Waals surface area contributed by atoms with E-state index >= 15 is 0 Å². The van der Waals surface area contributed by atoms with Crippen LogP contribution in [0.4, 0.5) is 8.78 Å². The Morgan fingerprint density at radius 1 is 1.25 bits per heavy atom. The molecule has 0 radical (unpaired) electrons. The van der Waals surface area contributed by atoms with Gasteiger partial charge in [-0.05, 0) is 43.0 Å². The minimum atomic E-state index is -4.73. The van der Waals surface area contributed by atoms with Crippen LogP contribution in [0.15, 0.2) is 29.2 Å². The predicted octanol–water partition coefficient (Wildman–Crippen LogP) is 2.01. The Morgan fingerprint density at radius 2 is 1.83 bits per heavy atom. The second-order valence-electron chi connectivity index (χ2n) is 5.81. The van der Waals surface area contributed by atoms with Gasteiger partial charge in [0.25, 0.3) is 5.91 Å². The van der Waals surface area contributed by atoms with Crippen molar-refractivity contribution in [3.05, 3.63) is 29.8 Å². The Kier molecular flexibility index (Phi) is 5.22. The molecule has 24 heavy (non-hydrogen) atoms. The van der Waals surface area contributed by atoms with E-state index in [2.05, 4.69) is 0 Å². The zero-order chi connectivity index (χ0) is 18.1. The number of aliphatic carboxylic acids is 1. The van der Waals surface area contributed by atoms with Gasteiger partial charge in [-0.2, -0.15) is 8.78 Å². The fourth-order valence-electron chi connectivity index (χ4n) is 2.67. The summed E-state index contributed by atoms with van der Waals surface area (Å²) in [5.41, 5.74) is 0.0593. The largest absolute Gasteiger partial charge is 0.480 e. The molecule has 1 amide bonds. The highest BCUT2D eigenvalue weighted by Crippen LogP contribution is 2.25. The number of hydrogen-bond acceptors (Lipinski definition) is 4. The van der Waals surface area contributed by atoms with Crippen molar-refractivity contribution in [2.45, 2.75) is 36.5 Å². The third-order valence-corrected chi connectivity index (χ3v) is 5.47. The highest BCUT2D eigenvalue weighted by atomic mass is 32.2. The SMILES string of the molecule is CC1CCN(C(=O)c2ccc(S(=O)(=O)C(F)F)cc2)C(C(=O)O)C1. The van der Waals surface area contributed by atoms with Crippen molar-refractivity contribution in [2.75, 3.05) is 6.54 Å². The number of benzene rings is 1. The maximum Gasteiger partial charge on any atom is 0.341 e. The molecule has 0 bridgehead atoms. The molecule has 1 saturated heterocycles. The first-order valence-electron chi connectivity index (χ1n) is 7.30. The number of nitrogens with zero attached hydrogens (tertiary/aromatic N) is 1. The molecule has 0 spiro atoms. The first-order chi connectivity index (χ1) is 11.1. The summed E-state index contributed by atoms with van der Waals surface area (Å²) in [6, 6.07) is 3.14. The molecule has 0 aliphatic carbocycles. The molecule has 6 nitrogen and oxygen atoms in total. The van der Waals surface area contributed by atoms with E-state index in [1.54, 1.807) is 0 Å². The number of carboxylic acid groups (broad SMARTS) is 1. The van der Waals surface area contributed by atoms with Crippen molar-refractivity contribution >= 4 is 21.7 Å². The van der Waals surface area contributed by atoms with Gasteiger partial charge in [-0.25, -0.2) is 13.2 Å². The zero-order valence-electron chi connectivity index (χ0n) is 12.9. The average Bonchev–Trinajstić information content (AvgIpc) is 2.54. The highest BCUT2D eigenvalue weighted by Gasteiger charge is 2.35. The lowest BCUT2D eigenvalue weighted by molar-refractivity contribution is -0.144. The van der Waals surface area contributed by atoms with Gasteiger partial charge in [-0.3, -0.25) is 4.79 Å². The van der Waals surface area contributed by atoms with E-state index in [1.807, 2.05) is 6.92 Å². The van der Waals surface area contributed by atoms with Crippen LogP contribution in [0, 0.1) is 5.92 Å². The Balaban J connectivity index is 2.25. The molecule has 2 unspecified atom stereocenters. The molecule has 1 aliphatic rings. The molecule has 1 N–H and O–H groups in total. The smallest absolute Gasteiger partial charge is 0.341 e. The lowest BCUT2D eigenvalue weighted by Crippen LogP contribution is -2.49. The summed E-state index contributed by atoms with van der Waals surface area (Å²) in [5.74, 6) is -5.03. The van der Waals surface area contributed by atoms with Gasteiger partial charge in [0.05, 0.1) is 4.90 Å². The summed E-state index contributed by atoms with van der Waals surface area (Å²) >= 11 is 0. The van der Waals surface area contributed by atoms with Gasteiger partial charge in [-0.15, -0.1) is 0 Å². The summed E-state index contributed by atoms with van der Waals surface area (Å²) in [6.45, 7) is 2.18. The number of piperidine rings is 1. The standard InChI is InChI=1S/C15H17F2NO5S/c1-9-6-7-18(12(8-9)14(20)21)13(19)10-2-4-11(5-3-10)24(22,23)15(16)17/h2-5,9,12,15H,6-8H2,1H3,(H,20,21). The van der Waals surface area contributed by atoms with Crippen LogP contribution in [0.1, 0.15) is 30.1 Å². The van der Waals surface area contributed by atoms with Gasteiger partial charge in [-0.1, -0.05) is 6.92 Å². The highest BCUT2D eigenvalue weighted by molar-refractivity contribution is 7.91. The minimum Gasteiger partial charge on any atom is -0.480 e. The monoisotopic (exact) mass is 361 g/mol. The Labute approximate surface area is 138 Å². The van der Waals surface area contributed by atoms with E-state index in [-0.39, 0.29) is 18.0 Å². The fraction of sp³-hybridized carbons (Fsp3) is 0.467. The van der Waals surface area contributed by atoms with Crippen LogP contribution < -0.4 is 0 Å². The third kappa shape index (κ3) is 3.55. The van der Waals surface area contributed by atoms with Gasteiger partial charge in [0.15, 0.2) is 0 Å². The predicted molar refractivity (Wildman–Crippen MR) is 80.5 cm³/mol. The molecular formula is C15H17F2NO5S. The number of carboxylic acids is 1. The second-order valence-corrected chi connectivity index (χ2v) is 7.73. The zero-order valence-corrected chi connectivity index (χ0v) is 13.7. The number of alkyl halides is 2. The summed E-state index contributed by atoms with van der Waals surface area (Å²) < 4.78 is 47.7. The Bertz CT molecular complexity index is 733. The van der Waals surface area contributed by atoms with Gasteiger partial charge < -0.3 is 10.0 Å². The molecule has 2 rings (SSSR count). The van der Waals surface area contributed by atoms with Crippen LogP contribution in [0.5, 0.6) is 0 Å². The molecular weight excluding hydrogens is 344 g/mol. The number of carbonyl (C=O) groups excluding carboxylic acids is 1. The summed E-state index contributed by atoms with van der Waals surface area (Å²) in [4.78, 5) is 24.5. The van der Waals surface area contributed by atoms with Crippen molar-refractivity contribution in [3.8, 4) is 0 Å². The molecule has 0 aromatic heterocycles. The number of sulfone groups is 1. The molecule has 1 fully saturated rings. The van der Waals surface area contributed by atoms with Crippen LogP contribution in [-0.4, -0.2) is 48.6 Å². The van der Waals surface area contributed by atoms with Crippen LogP contribution in [-0.2, 0) is 14.6 Å². The summed E-state index contributed by atoms with van der Waals surface area (Å²) in [6.07, 6.45) is 0.992. The Hall–Kier alpha value is -2.03. The van der Waals surface area contributed by atoms with Gasteiger partial charge >= 0.3 is 11.7 Å². The number of likely N-dealkylation sites (tertiary alicyclic amines) is 1. The molecule has 1 aromatic rings. The quantitative estimate of drug-likeness (QED) is 0.886. The van der Waals surface area contributed by atoms with Gasteiger partial charge in [0, 0.05) is 12.1 Å². The van der Waals surface area contributed by atoms with Crippen molar-refractivity contribution in [3.63, 3.8) is 0 Å². The minimum absolute atomic E-state index is 0.0593. The normalized spacial score (nSPS) is 21.8. The summed E-state index contributed by atoms with van der Waals surface area (Å²) in [5, 5.41) is 9.28. The van der Waals surface area contributed by atoms with E-state index in [9.17, 15) is 31.9 Å². The number of rotatable bonds is 4. The Morgan fingerprint density at radius 3 is 2.33 bits per heavy atom. The lowest BCUT2D eigenvalue weighted by atomic mass is 9.92. The molecule has 9 heteroatoms. The average molecular weight is 361 g/mol. The van der Waals surface area contributed by atoms with Gasteiger partial charge in [0.1, 0.15) is 6.04 Å². The van der Waals surface area contributed by atoms with Crippen molar-refractivity contribution < 1.29 is 31.9 Å². The number of hydrogen-bond donors (Lipinski definition) is 1. The molecule has 1 aliphatic heterocycles. The van der Waals surface area contributed by atoms with E-state index in [4.69, 9.17) is 0 Å².